The van der Waals surface area contributed by atoms with Crippen molar-refractivity contribution in [2.45, 2.75) is 122 Å². The van der Waals surface area contributed by atoms with Crippen molar-refractivity contribution in [1.82, 2.24) is 0 Å². The van der Waals surface area contributed by atoms with Gasteiger partial charge in [-0.05, 0) is 98.8 Å². The van der Waals surface area contributed by atoms with Crippen LogP contribution in [0.25, 0.3) is 0 Å². The molecular formula is C29H47NO4. The van der Waals surface area contributed by atoms with Crippen molar-refractivity contribution in [2.75, 3.05) is 6.54 Å². The number of carbonyl (C=O) groups excluding carboxylic acids is 1. The molecule has 0 radical (unpaired) electrons. The van der Waals surface area contributed by atoms with Crippen molar-refractivity contribution >= 4 is 5.97 Å². The Balaban J connectivity index is 1.19. The Hall–Kier alpha value is -0.650. The first-order valence-corrected chi connectivity index (χ1v) is 14.3. The number of hydrogen-bond acceptors (Lipinski definition) is 5. The zero-order valence-electron chi connectivity index (χ0n) is 22.1. The second kappa shape index (κ2) is 7.92. The number of hydrogen-bond donors (Lipinski definition) is 1. The lowest BCUT2D eigenvalue weighted by Gasteiger charge is -2.59. The summed E-state index contributed by atoms with van der Waals surface area (Å²) in [5.74, 6) is 4.05. The molecule has 2 saturated heterocycles. The largest absolute Gasteiger partial charge is 0.462 e. The van der Waals surface area contributed by atoms with Gasteiger partial charge in [-0.3, -0.25) is 4.79 Å². The average Bonchev–Trinajstić information content (AvgIpc) is 3.26. The molecule has 6 fully saturated rings. The van der Waals surface area contributed by atoms with E-state index in [0.717, 1.165) is 43.6 Å². The van der Waals surface area contributed by atoms with Gasteiger partial charge in [0.2, 0.25) is 0 Å². The van der Waals surface area contributed by atoms with E-state index in [1.165, 1.54) is 38.5 Å². The maximum absolute atomic E-state index is 11.6. The zero-order chi connectivity index (χ0) is 24.0. The average molecular weight is 474 g/mol. The molecule has 0 aromatic heterocycles. The molecule has 2 aliphatic heterocycles. The molecule has 0 aromatic carbocycles. The third-order valence-electron chi connectivity index (χ3n) is 12.3. The van der Waals surface area contributed by atoms with Gasteiger partial charge in [0.25, 0.3) is 0 Å². The molecule has 0 aromatic rings. The minimum atomic E-state index is -0.147. The van der Waals surface area contributed by atoms with Crippen LogP contribution in [0.3, 0.4) is 0 Å². The summed E-state index contributed by atoms with van der Waals surface area (Å²) >= 11 is 0. The molecule has 13 atom stereocenters. The first-order chi connectivity index (χ1) is 16.1. The monoisotopic (exact) mass is 473 g/mol. The smallest absolute Gasteiger partial charge is 0.302 e. The van der Waals surface area contributed by atoms with Crippen LogP contribution in [0.2, 0.25) is 0 Å². The predicted molar refractivity (Wildman–Crippen MR) is 131 cm³/mol. The predicted octanol–water partition coefficient (Wildman–Crippen LogP) is 5.10. The minimum absolute atomic E-state index is 0.0384. The molecule has 5 nitrogen and oxygen atoms in total. The highest BCUT2D eigenvalue weighted by Gasteiger charge is 2.77. The lowest BCUT2D eigenvalue weighted by atomic mass is 9.44. The highest BCUT2D eigenvalue weighted by atomic mass is 16.6. The van der Waals surface area contributed by atoms with E-state index in [1.807, 2.05) is 0 Å². The van der Waals surface area contributed by atoms with Gasteiger partial charge in [-0.15, -0.1) is 0 Å². The van der Waals surface area contributed by atoms with Crippen molar-refractivity contribution in [3.05, 3.63) is 0 Å². The molecule has 5 heteroatoms. The fourth-order valence-corrected chi connectivity index (χ4v) is 10.6. The molecule has 6 aliphatic rings. The van der Waals surface area contributed by atoms with Gasteiger partial charge in [0.15, 0.2) is 0 Å². The van der Waals surface area contributed by atoms with E-state index >= 15 is 0 Å². The molecule has 192 valence electrons. The lowest BCUT2D eigenvalue weighted by Crippen LogP contribution is -2.59. The summed E-state index contributed by atoms with van der Waals surface area (Å²) in [6, 6.07) is 0. The van der Waals surface area contributed by atoms with E-state index in [2.05, 4.69) is 27.7 Å². The summed E-state index contributed by atoms with van der Waals surface area (Å²) < 4.78 is 19.1. The van der Waals surface area contributed by atoms with Crippen LogP contribution in [0, 0.1) is 46.3 Å². The van der Waals surface area contributed by atoms with Gasteiger partial charge >= 0.3 is 5.97 Å². The van der Waals surface area contributed by atoms with Gasteiger partial charge in [-0.1, -0.05) is 27.7 Å². The van der Waals surface area contributed by atoms with Gasteiger partial charge < -0.3 is 19.9 Å². The van der Waals surface area contributed by atoms with Crippen molar-refractivity contribution in [2.24, 2.45) is 52.1 Å². The topological polar surface area (TPSA) is 74.1 Å². The number of ether oxygens (including phenoxy) is 3. The maximum atomic E-state index is 11.6. The molecule has 2 N–H and O–H groups in total. The normalized spacial score (nSPS) is 55.9. The van der Waals surface area contributed by atoms with E-state index in [-0.39, 0.29) is 23.1 Å². The lowest BCUT2D eigenvalue weighted by molar-refractivity contribution is -0.157. The first-order valence-electron chi connectivity index (χ1n) is 14.3. The molecule has 4 saturated carbocycles. The summed E-state index contributed by atoms with van der Waals surface area (Å²) in [5, 5.41) is 0. The summed E-state index contributed by atoms with van der Waals surface area (Å²) in [6.07, 6.45) is 11.8. The van der Waals surface area contributed by atoms with Gasteiger partial charge in [-0.25, -0.2) is 0 Å². The van der Waals surface area contributed by atoms with E-state index < -0.39 is 0 Å². The van der Waals surface area contributed by atoms with Crippen molar-refractivity contribution in [1.29, 1.82) is 0 Å². The number of carbonyl (C=O) groups is 1. The molecule has 34 heavy (non-hydrogen) atoms. The number of rotatable bonds is 5. The minimum Gasteiger partial charge on any atom is -0.462 e. The second-order valence-corrected chi connectivity index (χ2v) is 13.8. The summed E-state index contributed by atoms with van der Waals surface area (Å²) in [7, 11) is 0. The molecular weight excluding hydrogens is 426 g/mol. The van der Waals surface area contributed by atoms with Crippen LogP contribution in [0.15, 0.2) is 0 Å². The molecule has 4 aliphatic carbocycles. The summed E-state index contributed by atoms with van der Waals surface area (Å²) in [4.78, 5) is 11.6. The van der Waals surface area contributed by atoms with Crippen LogP contribution in [-0.4, -0.2) is 42.5 Å². The Bertz CT molecular complexity index is 833. The molecule has 1 spiro atoms. The molecule has 2 heterocycles. The number of epoxide rings is 1. The quantitative estimate of drug-likeness (QED) is 0.444. The highest BCUT2D eigenvalue weighted by Crippen LogP contribution is 2.75. The number of fused-ring (bicyclic) bond motifs is 6. The summed E-state index contributed by atoms with van der Waals surface area (Å²) in [6.45, 7) is 12.2. The Morgan fingerprint density at radius 1 is 1.18 bits per heavy atom. The van der Waals surface area contributed by atoms with E-state index in [1.54, 1.807) is 6.92 Å². The number of nitrogens with two attached hydrogens (primary N) is 1. The van der Waals surface area contributed by atoms with Crippen molar-refractivity contribution in [3.63, 3.8) is 0 Å². The maximum Gasteiger partial charge on any atom is 0.302 e. The Kier molecular flexibility index (Phi) is 5.53. The van der Waals surface area contributed by atoms with Crippen LogP contribution >= 0.6 is 0 Å². The SMILES string of the molecule is CC(=O)O[C@H]1CC[C@]2(C)[C@H]3CC[C@]4(C)[C@H]5[C@H](C)[C@@H](CC[C@@H](C)CN)O[C@H]5C[C@H]4[C@@H]3CC3OC32C1. The molecule has 2 unspecified atom stereocenters. The van der Waals surface area contributed by atoms with E-state index in [0.29, 0.717) is 41.5 Å². The van der Waals surface area contributed by atoms with Gasteiger partial charge in [-0.2, -0.15) is 0 Å². The van der Waals surface area contributed by atoms with Gasteiger partial charge in [0.05, 0.1) is 18.3 Å². The van der Waals surface area contributed by atoms with Crippen LogP contribution in [0.5, 0.6) is 0 Å². The van der Waals surface area contributed by atoms with Crippen molar-refractivity contribution in [3.8, 4) is 0 Å². The van der Waals surface area contributed by atoms with Gasteiger partial charge in [0.1, 0.15) is 11.7 Å². The molecule has 0 bridgehead atoms. The number of esters is 1. The highest BCUT2D eigenvalue weighted by molar-refractivity contribution is 5.66. The standard InChI is InChI=1S/C29H47NO4/c1-16(15-30)6-7-23-17(2)26-24(33-23)13-22-20-12-25-29(34-25)14-19(32-18(3)31)8-11-28(29,5)21(20)9-10-27(22,26)4/h16-17,19-26H,6-15,30H2,1-5H3/t16-,17-,19+,20-,21+,22+,23-,24+,25?,26+,27+,28-,29?/m1/s1. The fraction of sp³-hybridized carbons (Fsp3) is 0.966. The van der Waals surface area contributed by atoms with Crippen LogP contribution < -0.4 is 5.73 Å². The Labute approximate surface area is 206 Å². The summed E-state index contributed by atoms with van der Waals surface area (Å²) in [5.41, 5.74) is 6.47. The zero-order valence-corrected chi connectivity index (χ0v) is 22.1. The Morgan fingerprint density at radius 2 is 1.97 bits per heavy atom. The second-order valence-electron chi connectivity index (χ2n) is 13.8. The van der Waals surface area contributed by atoms with Crippen LogP contribution in [-0.2, 0) is 19.0 Å². The van der Waals surface area contributed by atoms with Crippen molar-refractivity contribution < 1.29 is 19.0 Å². The first kappa shape index (κ1) is 23.7. The van der Waals surface area contributed by atoms with Crippen LogP contribution in [0.4, 0.5) is 0 Å². The Morgan fingerprint density at radius 3 is 2.71 bits per heavy atom. The third kappa shape index (κ3) is 3.18. The van der Waals surface area contributed by atoms with E-state index in [4.69, 9.17) is 19.9 Å². The molecule has 6 rings (SSSR count). The van der Waals surface area contributed by atoms with E-state index in [9.17, 15) is 4.79 Å². The fourth-order valence-electron chi connectivity index (χ4n) is 10.6. The third-order valence-corrected chi connectivity index (χ3v) is 12.3. The van der Waals surface area contributed by atoms with Crippen LogP contribution in [0.1, 0.15) is 92.4 Å². The molecule has 0 amide bonds. The van der Waals surface area contributed by atoms with Gasteiger partial charge in [0, 0.05) is 18.8 Å².